The normalized spacial score (nSPS) is 13.7. The van der Waals surface area contributed by atoms with Crippen LogP contribution in [0.4, 0.5) is 11.1 Å². The van der Waals surface area contributed by atoms with Crippen LogP contribution in [0.1, 0.15) is 279 Å². The number of unbranched alkanes of at least 4 members (excludes halogenated alkanes) is 5. The van der Waals surface area contributed by atoms with E-state index in [9.17, 15) is 33.6 Å². The molecule has 29 nitrogen and oxygen atoms in total. The Morgan fingerprint density at radius 2 is 0.816 bits per heavy atom. The molecule has 2 fully saturated rings. The minimum atomic E-state index is -0.664. The Kier molecular flexibility index (Phi) is 48.2. The van der Waals surface area contributed by atoms with Crippen molar-refractivity contribution in [1.29, 1.82) is 0 Å². The topological polar surface area (TPSA) is 409 Å². The van der Waals surface area contributed by atoms with Crippen LogP contribution in [0.5, 0.6) is 0 Å². The van der Waals surface area contributed by atoms with Crippen LogP contribution >= 0.6 is 11.3 Å². The number of benzene rings is 1. The molecule has 0 bridgehead atoms. The molecule has 0 atom stereocenters. The summed E-state index contributed by atoms with van der Waals surface area (Å²) in [5.74, 6) is -2.65. The second kappa shape index (κ2) is 50.2. The quantitative estimate of drug-likeness (QED) is 0.0162. The Bertz CT molecular complexity index is 2710. The van der Waals surface area contributed by atoms with E-state index >= 15 is 0 Å². The zero-order valence-electron chi connectivity index (χ0n) is 66.3. The maximum atomic E-state index is 11.2. The maximum absolute atomic E-state index is 11.2. The van der Waals surface area contributed by atoms with E-state index < -0.39 is 18.4 Å². The van der Waals surface area contributed by atoms with E-state index in [1.165, 1.54) is 35.1 Å². The van der Waals surface area contributed by atoms with Gasteiger partial charge in [0.15, 0.2) is 16.6 Å². The zero-order valence-corrected chi connectivity index (χ0v) is 67.2. The Balaban J connectivity index is 0. The number of piperazine rings is 2. The summed E-state index contributed by atoms with van der Waals surface area (Å²) in [4.78, 5) is 93.2. The summed E-state index contributed by atoms with van der Waals surface area (Å²) in [5, 5.41) is 67.7. The van der Waals surface area contributed by atoms with Gasteiger partial charge in [0.05, 0.1) is 0 Å². The average Bonchev–Trinajstić information content (AvgIpc) is 1.80. The van der Waals surface area contributed by atoms with Crippen LogP contribution in [0.25, 0.3) is 0 Å². The van der Waals surface area contributed by atoms with Gasteiger partial charge in [-0.2, -0.15) is 4.98 Å². The van der Waals surface area contributed by atoms with Gasteiger partial charge >= 0.3 is 0 Å². The molecule has 2 aromatic heterocycles. The van der Waals surface area contributed by atoms with Crippen LogP contribution in [0.15, 0.2) is 40.3 Å². The number of anilines is 2. The first-order valence-electron chi connectivity index (χ1n) is 35.9. The highest BCUT2D eigenvalue weighted by Gasteiger charge is 2.29. The lowest BCUT2D eigenvalue weighted by atomic mass is 9.86. The van der Waals surface area contributed by atoms with E-state index in [1.807, 2.05) is 17.0 Å². The van der Waals surface area contributed by atoms with Gasteiger partial charge in [0.2, 0.25) is 23.6 Å². The lowest BCUT2D eigenvalue weighted by Gasteiger charge is -2.42. The molecule has 0 unspecified atom stereocenters. The van der Waals surface area contributed by atoms with Crippen LogP contribution in [-0.4, -0.2) is 192 Å². The van der Waals surface area contributed by atoms with E-state index in [2.05, 4.69) is 181 Å². The first-order valence-corrected chi connectivity index (χ1v) is 36.7. The molecule has 2 saturated heterocycles. The zero-order chi connectivity index (χ0) is 79.4. The van der Waals surface area contributed by atoms with Crippen molar-refractivity contribution >= 4 is 63.7 Å². The molecule has 15 N–H and O–H groups in total. The molecule has 2 aliphatic heterocycles. The number of rotatable bonds is 25. The number of aromatic nitrogens is 2. The van der Waals surface area contributed by atoms with Gasteiger partial charge < -0.3 is 30.0 Å². The van der Waals surface area contributed by atoms with Crippen molar-refractivity contribution in [3.05, 3.63) is 58.4 Å². The molecule has 0 spiro atoms. The van der Waals surface area contributed by atoms with Crippen LogP contribution in [-0.2, 0) is 24.6 Å². The summed E-state index contributed by atoms with van der Waals surface area (Å²) in [5.41, 5.74) is 13.2. The highest BCUT2D eigenvalue weighted by molar-refractivity contribution is 7.14. The molecule has 5 rings (SSSR count). The monoisotopic (exact) mass is 1480 g/mol. The van der Waals surface area contributed by atoms with Gasteiger partial charge in [0.25, 0.3) is 17.8 Å². The third-order valence-electron chi connectivity index (χ3n) is 15.7. The number of ketones is 1. The molecule has 1 aromatic carbocycles. The van der Waals surface area contributed by atoms with E-state index in [-0.39, 0.29) is 68.4 Å². The number of aliphatic hydroxyl groups is 1. The summed E-state index contributed by atoms with van der Waals surface area (Å²) >= 11 is 1.43. The third-order valence-corrected chi connectivity index (χ3v) is 16.7. The van der Waals surface area contributed by atoms with Gasteiger partial charge in [-0.05, 0) is 163 Å². The number of hydroxylamine groups is 6. The van der Waals surface area contributed by atoms with Crippen LogP contribution in [0.3, 0.4) is 0 Å². The largest absolute Gasteiger partial charge is 0.431 e. The standard InChI is InChI=1S/C12H20N4O3.C12H20N4O2S.C12H16O2.C10H22N2O2.C10H21NO2.C9H19NO2.C8H18N2O2/c2*1-12(2,3)16-6-4-15(5-7-16)11-13-9(8-19-11)10(17)14-18;1-12(2,3)10-6-4-9(5-7-10)11(14)8-13;1-10(2,3)11-8-6-4-5-7-9(13)12-14;1-10(2,3)8-6-4-5-7-9(12)11-13;1-9(2,3)7-5-4-6-8(11)10-12;1-8(2,3)9-6-4-5-7(11)10-12/h2*8,18H,4-7H2,1-3H3,(H,14,17);4-7,13H,8H2,1-3H3;11,14H,4-8H2,1-3H3,(H,12,13);13H,4-8H2,1-3H3,(H,11,12);12H,4-7H2,1-3H3,(H,10,11);9,12H,4-6H2,1-3H3,(H,10,11). The summed E-state index contributed by atoms with van der Waals surface area (Å²) in [6.45, 7) is 54.0. The lowest BCUT2D eigenvalue weighted by Crippen LogP contribution is -2.53. The van der Waals surface area contributed by atoms with Crippen LogP contribution < -0.4 is 53.3 Å². The van der Waals surface area contributed by atoms with Gasteiger partial charge in [0.1, 0.15) is 18.6 Å². The number of amides is 6. The molecular weight excluding hydrogens is 1340 g/mol. The fourth-order valence-electron chi connectivity index (χ4n) is 9.57. The van der Waals surface area contributed by atoms with Crippen molar-refractivity contribution in [2.75, 3.05) is 81.9 Å². The molecule has 6 amide bonds. The molecule has 4 heterocycles. The predicted octanol–water partition coefficient (Wildman–Crippen LogP) is 10.7. The van der Waals surface area contributed by atoms with Crippen molar-refractivity contribution in [3.63, 3.8) is 0 Å². The molecule has 3 aromatic rings. The molecule has 594 valence electrons. The minimum absolute atomic E-state index is 0.0794. The molecule has 0 saturated carbocycles. The van der Waals surface area contributed by atoms with Crippen molar-refractivity contribution in [3.8, 4) is 0 Å². The molecule has 103 heavy (non-hydrogen) atoms. The molecular formula is C73H136N14O15S. The highest BCUT2D eigenvalue weighted by Crippen LogP contribution is 2.27. The number of thiazole rings is 1. The fraction of sp³-hybridized carbons (Fsp3) is 0.740. The van der Waals surface area contributed by atoms with Crippen molar-refractivity contribution in [2.45, 2.75) is 269 Å². The second-order valence-corrected chi connectivity index (χ2v) is 33.7. The summed E-state index contributed by atoms with van der Waals surface area (Å²) < 4.78 is 5.27. The highest BCUT2D eigenvalue weighted by atomic mass is 32.1. The lowest BCUT2D eigenvalue weighted by molar-refractivity contribution is -0.130. The number of hydrogen-bond donors (Lipinski definition) is 15. The summed E-state index contributed by atoms with van der Waals surface area (Å²) in [6.07, 6.45) is 13.8. The van der Waals surface area contributed by atoms with Gasteiger partial charge in [-0.25, -0.2) is 37.9 Å². The van der Waals surface area contributed by atoms with E-state index in [0.29, 0.717) is 48.1 Å². The third kappa shape index (κ3) is 50.7. The number of nitrogens with one attached hydrogen (secondary N) is 8. The van der Waals surface area contributed by atoms with Crippen molar-refractivity contribution in [2.24, 2.45) is 10.8 Å². The molecule has 2 aliphatic rings. The molecule has 0 radical (unpaired) electrons. The molecule has 30 heteroatoms. The first kappa shape index (κ1) is 98.8. The SMILES string of the molecule is CC(C)(C)CCCCC(=O)NO.CC(C)(C)CCCCCC(=O)NO.CC(C)(C)N1CCN(c2nc(C(=O)NO)co2)CC1.CC(C)(C)N1CCN(c2nc(C(=O)NO)cs2)CC1.CC(C)(C)NCCCC(=O)NO.CC(C)(C)NCCCCCC(=O)NO.CC(C)(C)c1ccc(C(=O)CO)cc1. The van der Waals surface area contributed by atoms with E-state index in [0.717, 1.165) is 135 Å². The summed E-state index contributed by atoms with van der Waals surface area (Å²) in [7, 11) is 0. The number of carbonyl (C=O) groups excluding carboxylic acids is 7. The smallest absolute Gasteiger partial charge is 0.298 e. The van der Waals surface area contributed by atoms with Gasteiger partial charge in [-0.3, -0.25) is 74.6 Å². The number of nitrogens with zero attached hydrogens (tertiary/aromatic N) is 6. The minimum Gasteiger partial charge on any atom is -0.431 e. The first-order chi connectivity index (χ1) is 47.6. The van der Waals surface area contributed by atoms with Crippen molar-refractivity contribution < 1.29 is 74.3 Å². The number of oxazole rings is 1. The van der Waals surface area contributed by atoms with Crippen LogP contribution in [0.2, 0.25) is 0 Å². The van der Waals surface area contributed by atoms with E-state index in [1.54, 1.807) is 44.9 Å². The average molecular weight is 1480 g/mol. The Labute approximate surface area is 619 Å². The summed E-state index contributed by atoms with van der Waals surface area (Å²) in [6, 6.07) is 7.82. The number of Topliss-reactive ketones (excluding diaryl/α,β-unsaturated/α-hetero) is 1. The van der Waals surface area contributed by atoms with Gasteiger partial charge in [-0.15, -0.1) is 11.3 Å². The molecule has 0 aliphatic carbocycles. The number of hydrogen-bond acceptors (Lipinski definition) is 24. The maximum Gasteiger partial charge on any atom is 0.298 e. The van der Waals surface area contributed by atoms with Crippen molar-refractivity contribution in [1.82, 2.24) is 63.3 Å². The number of aliphatic hydroxyl groups excluding tert-OH is 1. The fourth-order valence-corrected chi connectivity index (χ4v) is 10.4. The Morgan fingerprint density at radius 3 is 1.18 bits per heavy atom. The van der Waals surface area contributed by atoms with Gasteiger partial charge in [-0.1, -0.05) is 112 Å². The Hall–Kier alpha value is -6.29. The van der Waals surface area contributed by atoms with Crippen LogP contribution in [0, 0.1) is 10.8 Å². The predicted molar refractivity (Wildman–Crippen MR) is 404 cm³/mol. The Morgan fingerprint density at radius 1 is 0.447 bits per heavy atom. The second-order valence-electron chi connectivity index (χ2n) is 32.9. The van der Waals surface area contributed by atoms with Gasteiger partial charge in [0, 0.05) is 111 Å². The van der Waals surface area contributed by atoms with E-state index in [4.69, 9.17) is 40.8 Å². The number of carbonyl (C=O) groups is 7.